The molecule has 0 saturated carbocycles. The quantitative estimate of drug-likeness (QED) is 0.761. The lowest BCUT2D eigenvalue weighted by Gasteiger charge is -2.20. The summed E-state index contributed by atoms with van der Waals surface area (Å²) in [5.74, 6) is 2.57. The topological polar surface area (TPSA) is 27.7 Å². The third-order valence-corrected chi connectivity index (χ3v) is 2.43. The maximum atomic E-state index is 5.59. The fourth-order valence-electron chi connectivity index (χ4n) is 1.57. The van der Waals surface area contributed by atoms with E-state index in [1.54, 1.807) is 7.11 Å². The highest BCUT2D eigenvalue weighted by atomic mass is 35.5. The van der Waals surface area contributed by atoms with E-state index >= 15 is 0 Å². The third kappa shape index (κ3) is 2.25. The van der Waals surface area contributed by atoms with Crippen molar-refractivity contribution in [3.05, 3.63) is 23.8 Å². The molecule has 1 aliphatic heterocycles. The number of ether oxygens (including phenoxy) is 3. The maximum absolute atomic E-state index is 5.59. The molecule has 4 heteroatoms. The van der Waals surface area contributed by atoms with E-state index in [4.69, 9.17) is 25.8 Å². The molecule has 0 spiro atoms. The van der Waals surface area contributed by atoms with Gasteiger partial charge in [-0.25, -0.2) is 0 Å². The Morgan fingerprint density at radius 1 is 1.38 bits per heavy atom. The summed E-state index contributed by atoms with van der Waals surface area (Å²) in [4.78, 5) is 0. The summed E-state index contributed by atoms with van der Waals surface area (Å²) < 4.78 is 16.3. The van der Waals surface area contributed by atoms with Gasteiger partial charge in [0.25, 0.3) is 0 Å². The monoisotopic (exact) mass is 240 g/mol. The van der Waals surface area contributed by atoms with Crippen molar-refractivity contribution < 1.29 is 14.2 Å². The lowest BCUT2D eigenvalue weighted by atomic mass is 10.1. The molecular formula is C12H13ClO3. The van der Waals surface area contributed by atoms with Crippen LogP contribution >= 0.6 is 11.6 Å². The average Bonchev–Trinajstić information content (AvgIpc) is 2.35. The molecule has 1 aromatic rings. The number of allylic oxidation sites excluding steroid dienone is 1. The molecule has 3 nitrogen and oxygen atoms in total. The first-order valence-electron chi connectivity index (χ1n) is 5.05. The minimum absolute atomic E-state index is 0.483. The molecule has 0 atom stereocenters. The van der Waals surface area contributed by atoms with Gasteiger partial charge in [-0.2, -0.15) is 0 Å². The molecule has 16 heavy (non-hydrogen) atoms. The predicted octanol–water partition coefficient (Wildman–Crippen LogP) is 2.72. The standard InChI is InChI=1S/C12H13ClO3/c1-14-10-7-9(3-2-4-13)8-11-12(10)16-6-5-15-11/h2-3,7-8H,4-6H2,1H3. The maximum Gasteiger partial charge on any atom is 0.203 e. The molecule has 1 aromatic carbocycles. The van der Waals surface area contributed by atoms with Crippen molar-refractivity contribution in [3.8, 4) is 17.2 Å². The van der Waals surface area contributed by atoms with Gasteiger partial charge in [0.2, 0.25) is 5.75 Å². The van der Waals surface area contributed by atoms with Gasteiger partial charge in [0.15, 0.2) is 11.5 Å². The van der Waals surface area contributed by atoms with Crippen molar-refractivity contribution in [2.75, 3.05) is 26.2 Å². The van der Waals surface area contributed by atoms with Gasteiger partial charge in [-0.3, -0.25) is 0 Å². The van der Waals surface area contributed by atoms with E-state index in [1.807, 2.05) is 24.3 Å². The van der Waals surface area contributed by atoms with Crippen LogP contribution in [0, 0.1) is 0 Å². The van der Waals surface area contributed by atoms with Gasteiger partial charge >= 0.3 is 0 Å². The van der Waals surface area contributed by atoms with E-state index in [9.17, 15) is 0 Å². The fourth-order valence-corrected chi connectivity index (χ4v) is 1.66. The van der Waals surface area contributed by atoms with Gasteiger partial charge in [-0.15, -0.1) is 11.6 Å². The van der Waals surface area contributed by atoms with Gasteiger partial charge in [-0.05, 0) is 17.7 Å². The molecule has 0 bridgehead atoms. The minimum Gasteiger partial charge on any atom is -0.493 e. The first kappa shape index (κ1) is 11.1. The smallest absolute Gasteiger partial charge is 0.203 e. The Bertz CT molecular complexity index is 384. The molecule has 86 valence electrons. The van der Waals surface area contributed by atoms with E-state index in [-0.39, 0.29) is 0 Å². The second-order valence-corrected chi connectivity index (χ2v) is 3.61. The van der Waals surface area contributed by atoms with Crippen molar-refractivity contribution in [1.29, 1.82) is 0 Å². The SMILES string of the molecule is COc1cc(C=CCCl)cc2c1OCCO2. The summed E-state index contributed by atoms with van der Waals surface area (Å²) in [7, 11) is 1.61. The first-order chi connectivity index (χ1) is 7.85. The van der Waals surface area contributed by atoms with Gasteiger partial charge in [0.1, 0.15) is 13.2 Å². The largest absolute Gasteiger partial charge is 0.493 e. The lowest BCUT2D eigenvalue weighted by Crippen LogP contribution is -2.16. The van der Waals surface area contributed by atoms with Crippen molar-refractivity contribution in [1.82, 2.24) is 0 Å². The number of benzene rings is 1. The van der Waals surface area contributed by atoms with Crippen molar-refractivity contribution in [2.24, 2.45) is 0 Å². The van der Waals surface area contributed by atoms with Crippen LogP contribution in [0.1, 0.15) is 5.56 Å². The van der Waals surface area contributed by atoms with Gasteiger partial charge in [0, 0.05) is 5.88 Å². The summed E-state index contributed by atoms with van der Waals surface area (Å²) >= 11 is 5.59. The van der Waals surface area contributed by atoms with E-state index in [0.29, 0.717) is 30.6 Å². The lowest BCUT2D eigenvalue weighted by molar-refractivity contribution is 0.165. The number of halogens is 1. The number of hydrogen-bond donors (Lipinski definition) is 0. The number of hydrogen-bond acceptors (Lipinski definition) is 3. The normalized spacial score (nSPS) is 14.1. The molecule has 1 heterocycles. The average molecular weight is 241 g/mol. The zero-order valence-corrected chi connectivity index (χ0v) is 9.79. The van der Waals surface area contributed by atoms with Crippen LogP contribution in [0.25, 0.3) is 6.08 Å². The van der Waals surface area contributed by atoms with Crippen LogP contribution in [0.2, 0.25) is 0 Å². The fraction of sp³-hybridized carbons (Fsp3) is 0.333. The number of alkyl halides is 1. The Kier molecular flexibility index (Phi) is 3.57. The zero-order chi connectivity index (χ0) is 11.4. The van der Waals surface area contributed by atoms with Crippen molar-refractivity contribution in [2.45, 2.75) is 0 Å². The van der Waals surface area contributed by atoms with Crippen LogP contribution in [-0.2, 0) is 0 Å². The van der Waals surface area contributed by atoms with Crippen LogP contribution in [0.5, 0.6) is 17.2 Å². The highest BCUT2D eigenvalue weighted by Crippen LogP contribution is 2.40. The molecular weight excluding hydrogens is 228 g/mol. The molecule has 0 unspecified atom stereocenters. The molecule has 0 N–H and O–H groups in total. The van der Waals surface area contributed by atoms with E-state index in [0.717, 1.165) is 11.3 Å². The highest BCUT2D eigenvalue weighted by Gasteiger charge is 2.17. The summed E-state index contributed by atoms with van der Waals surface area (Å²) in [6, 6.07) is 3.82. The van der Waals surface area contributed by atoms with Crippen LogP contribution < -0.4 is 14.2 Å². The van der Waals surface area contributed by atoms with Crippen LogP contribution in [0.15, 0.2) is 18.2 Å². The highest BCUT2D eigenvalue weighted by molar-refractivity contribution is 6.19. The molecule has 0 amide bonds. The van der Waals surface area contributed by atoms with Crippen LogP contribution in [-0.4, -0.2) is 26.2 Å². The van der Waals surface area contributed by atoms with Crippen molar-refractivity contribution in [3.63, 3.8) is 0 Å². The Balaban J connectivity index is 2.39. The Labute approximate surface area is 99.6 Å². The Morgan fingerprint density at radius 2 is 2.19 bits per heavy atom. The van der Waals surface area contributed by atoms with Crippen LogP contribution in [0.4, 0.5) is 0 Å². The third-order valence-electron chi connectivity index (χ3n) is 2.25. The molecule has 0 saturated heterocycles. The first-order valence-corrected chi connectivity index (χ1v) is 5.58. The van der Waals surface area contributed by atoms with Gasteiger partial charge in [0.05, 0.1) is 7.11 Å². The second kappa shape index (κ2) is 5.12. The van der Waals surface area contributed by atoms with Gasteiger partial charge < -0.3 is 14.2 Å². The van der Waals surface area contributed by atoms with E-state index in [1.165, 1.54) is 0 Å². The summed E-state index contributed by atoms with van der Waals surface area (Å²) in [5, 5.41) is 0. The zero-order valence-electron chi connectivity index (χ0n) is 9.03. The molecule has 0 radical (unpaired) electrons. The predicted molar refractivity (Wildman–Crippen MR) is 63.7 cm³/mol. The van der Waals surface area contributed by atoms with Crippen molar-refractivity contribution >= 4 is 17.7 Å². The summed E-state index contributed by atoms with van der Waals surface area (Å²) in [6.07, 6.45) is 3.79. The Hall–Kier alpha value is -1.35. The molecule has 0 aromatic heterocycles. The minimum atomic E-state index is 0.483. The summed E-state index contributed by atoms with van der Waals surface area (Å²) in [6.45, 7) is 1.12. The number of methoxy groups -OCH3 is 1. The molecule has 0 aliphatic carbocycles. The summed E-state index contributed by atoms with van der Waals surface area (Å²) in [5.41, 5.74) is 0.988. The molecule has 0 fully saturated rings. The number of fused-ring (bicyclic) bond motifs is 1. The van der Waals surface area contributed by atoms with E-state index < -0.39 is 0 Å². The number of rotatable bonds is 3. The molecule has 1 aliphatic rings. The van der Waals surface area contributed by atoms with Crippen LogP contribution in [0.3, 0.4) is 0 Å². The Morgan fingerprint density at radius 3 is 2.94 bits per heavy atom. The van der Waals surface area contributed by atoms with E-state index in [2.05, 4.69) is 0 Å². The van der Waals surface area contributed by atoms with Gasteiger partial charge in [-0.1, -0.05) is 12.2 Å². The second-order valence-electron chi connectivity index (χ2n) is 3.30. The molecule has 2 rings (SSSR count).